The van der Waals surface area contributed by atoms with E-state index < -0.39 is 0 Å². The Hall–Kier alpha value is -3.86. The predicted octanol–water partition coefficient (Wildman–Crippen LogP) is 5.01. The van der Waals surface area contributed by atoms with Crippen LogP contribution < -0.4 is 0 Å². The molecule has 0 amide bonds. The molecule has 0 N–H and O–H groups in total. The van der Waals surface area contributed by atoms with Gasteiger partial charge in [-0.05, 0) is 28.0 Å². The van der Waals surface area contributed by atoms with Gasteiger partial charge in [-0.1, -0.05) is 60.7 Å². The molecule has 0 aliphatic heterocycles. The molecule has 0 atom stereocenters. The monoisotopic (exact) mass is 350 g/mol. The van der Waals surface area contributed by atoms with Gasteiger partial charge in [-0.3, -0.25) is 4.98 Å². The van der Waals surface area contributed by atoms with Gasteiger partial charge >= 0.3 is 0 Å². The minimum absolute atomic E-state index is 0.646. The maximum atomic E-state index is 5.12. The van der Waals surface area contributed by atoms with Crippen LogP contribution in [0.4, 0.5) is 0 Å². The number of aromatic nitrogens is 4. The Morgan fingerprint density at radius 2 is 1.26 bits per heavy atom. The molecule has 0 bridgehead atoms. The fourth-order valence-corrected chi connectivity index (χ4v) is 3.23. The molecule has 3 heterocycles. The Labute approximate surface area is 155 Å². The maximum Gasteiger partial charge on any atom is 0.162 e. The van der Waals surface area contributed by atoms with Crippen LogP contribution in [0.15, 0.2) is 89.8 Å². The van der Waals surface area contributed by atoms with Crippen molar-refractivity contribution in [2.24, 2.45) is 0 Å². The topological polar surface area (TPSA) is 64.7 Å². The summed E-state index contributed by atoms with van der Waals surface area (Å²) in [5, 5.41) is 8.37. The zero-order chi connectivity index (χ0) is 18.1. The van der Waals surface area contributed by atoms with E-state index in [-0.39, 0.29) is 0 Å². The summed E-state index contributed by atoms with van der Waals surface area (Å²) in [7, 11) is 0. The minimum Gasteiger partial charge on any atom is -0.264 e. The highest BCUT2D eigenvalue weighted by Gasteiger charge is 2.21. The number of fused-ring (bicyclic) bond motifs is 1. The van der Waals surface area contributed by atoms with Crippen molar-refractivity contribution in [1.29, 1.82) is 0 Å². The standard InChI is InChI=1S/C22H14N4O/c1-3-8-15(9-4-1)18-19(17-12-7-13-23-14-17)24-20(16-10-5-2-6-11-16)22-21(18)25-27-26-22/h1-14H. The van der Waals surface area contributed by atoms with Gasteiger partial charge in [-0.2, -0.15) is 0 Å². The summed E-state index contributed by atoms with van der Waals surface area (Å²) in [6, 6.07) is 23.9. The van der Waals surface area contributed by atoms with E-state index >= 15 is 0 Å². The zero-order valence-corrected chi connectivity index (χ0v) is 14.3. The van der Waals surface area contributed by atoms with Crippen LogP contribution in [0.2, 0.25) is 0 Å². The first-order valence-electron chi connectivity index (χ1n) is 8.59. The first-order valence-corrected chi connectivity index (χ1v) is 8.59. The van der Waals surface area contributed by atoms with Gasteiger partial charge in [0.2, 0.25) is 0 Å². The van der Waals surface area contributed by atoms with E-state index in [0.717, 1.165) is 33.6 Å². The van der Waals surface area contributed by atoms with Gasteiger partial charge in [0, 0.05) is 29.1 Å². The van der Waals surface area contributed by atoms with Crippen molar-refractivity contribution >= 4 is 11.0 Å². The molecule has 0 aliphatic rings. The first kappa shape index (κ1) is 15.4. The van der Waals surface area contributed by atoms with Crippen molar-refractivity contribution in [2.45, 2.75) is 0 Å². The minimum atomic E-state index is 0.646. The highest BCUT2D eigenvalue weighted by Crippen LogP contribution is 2.38. The van der Waals surface area contributed by atoms with Crippen LogP contribution in [0.3, 0.4) is 0 Å². The lowest BCUT2D eigenvalue weighted by Gasteiger charge is -2.12. The van der Waals surface area contributed by atoms with Crippen molar-refractivity contribution < 1.29 is 4.63 Å². The molecule has 0 saturated carbocycles. The zero-order valence-electron chi connectivity index (χ0n) is 14.3. The molecule has 0 saturated heterocycles. The Kier molecular flexibility index (Phi) is 3.68. The van der Waals surface area contributed by atoms with Gasteiger partial charge in [0.25, 0.3) is 0 Å². The SMILES string of the molecule is c1ccc(-c2nc(-c3cccnc3)c(-c3ccccc3)c3nonc23)cc1. The molecule has 5 rings (SSSR count). The number of benzene rings is 2. The summed E-state index contributed by atoms with van der Waals surface area (Å²) in [6.07, 6.45) is 3.56. The van der Waals surface area contributed by atoms with E-state index in [4.69, 9.17) is 9.61 Å². The normalized spacial score (nSPS) is 11.0. The van der Waals surface area contributed by atoms with Crippen LogP contribution in [0.25, 0.3) is 44.7 Å². The van der Waals surface area contributed by atoms with Crippen LogP contribution >= 0.6 is 0 Å². The third-order valence-corrected chi connectivity index (χ3v) is 4.45. The average molecular weight is 350 g/mol. The molecule has 0 unspecified atom stereocenters. The molecule has 128 valence electrons. The molecule has 3 aromatic heterocycles. The molecule has 0 spiro atoms. The molecular formula is C22H14N4O. The Morgan fingerprint density at radius 1 is 0.593 bits per heavy atom. The molecule has 0 fully saturated rings. The van der Waals surface area contributed by atoms with Crippen LogP contribution in [0, 0.1) is 0 Å². The van der Waals surface area contributed by atoms with E-state index in [9.17, 15) is 0 Å². The summed E-state index contributed by atoms with van der Waals surface area (Å²) in [5.41, 5.74) is 6.65. The third kappa shape index (κ3) is 2.66. The molecule has 5 heteroatoms. The second-order valence-corrected chi connectivity index (χ2v) is 6.12. The fraction of sp³-hybridized carbons (Fsp3) is 0. The van der Waals surface area contributed by atoms with Crippen LogP contribution in [0.5, 0.6) is 0 Å². The lowest BCUT2D eigenvalue weighted by molar-refractivity contribution is 0.315. The largest absolute Gasteiger partial charge is 0.264 e. The Balaban J connectivity index is 1.90. The number of hydrogen-bond acceptors (Lipinski definition) is 5. The van der Waals surface area contributed by atoms with Gasteiger partial charge in [0.15, 0.2) is 5.52 Å². The summed E-state index contributed by atoms with van der Waals surface area (Å²) >= 11 is 0. The number of pyridine rings is 2. The molecule has 0 aliphatic carbocycles. The van der Waals surface area contributed by atoms with Gasteiger partial charge in [0.05, 0.1) is 5.69 Å². The number of nitrogens with zero attached hydrogens (tertiary/aromatic N) is 4. The lowest BCUT2D eigenvalue weighted by atomic mass is 9.97. The quantitative estimate of drug-likeness (QED) is 0.457. The van der Waals surface area contributed by atoms with Crippen LogP contribution in [-0.2, 0) is 0 Å². The van der Waals surface area contributed by atoms with Gasteiger partial charge in [-0.15, -0.1) is 0 Å². The second-order valence-electron chi connectivity index (χ2n) is 6.12. The second kappa shape index (κ2) is 6.46. The molecule has 5 aromatic rings. The van der Waals surface area contributed by atoms with Crippen LogP contribution in [0.1, 0.15) is 0 Å². The highest BCUT2D eigenvalue weighted by atomic mass is 16.6. The summed E-state index contributed by atoms with van der Waals surface area (Å²) in [6.45, 7) is 0. The van der Waals surface area contributed by atoms with E-state index in [1.807, 2.05) is 79.0 Å². The summed E-state index contributed by atoms with van der Waals surface area (Å²) in [4.78, 5) is 9.25. The van der Waals surface area contributed by atoms with Crippen molar-refractivity contribution in [1.82, 2.24) is 20.3 Å². The first-order chi connectivity index (χ1) is 13.4. The molecular weight excluding hydrogens is 336 g/mol. The molecule has 2 aromatic carbocycles. The lowest BCUT2D eigenvalue weighted by Crippen LogP contribution is -1.96. The molecule has 27 heavy (non-hydrogen) atoms. The maximum absolute atomic E-state index is 5.12. The fourth-order valence-electron chi connectivity index (χ4n) is 3.23. The van der Waals surface area contributed by atoms with E-state index in [1.165, 1.54) is 0 Å². The van der Waals surface area contributed by atoms with Gasteiger partial charge in [0.1, 0.15) is 11.2 Å². The van der Waals surface area contributed by atoms with Gasteiger partial charge < -0.3 is 0 Å². The summed E-state index contributed by atoms with van der Waals surface area (Å²) in [5.74, 6) is 0. The predicted molar refractivity (Wildman–Crippen MR) is 104 cm³/mol. The summed E-state index contributed by atoms with van der Waals surface area (Å²) < 4.78 is 5.12. The Morgan fingerprint density at radius 3 is 1.96 bits per heavy atom. The Bertz CT molecular complexity index is 1200. The third-order valence-electron chi connectivity index (χ3n) is 4.45. The van der Waals surface area contributed by atoms with E-state index in [2.05, 4.69) is 15.3 Å². The highest BCUT2D eigenvalue weighted by molar-refractivity contribution is 6.03. The number of hydrogen-bond donors (Lipinski definition) is 0. The van der Waals surface area contributed by atoms with Crippen LogP contribution in [-0.4, -0.2) is 20.3 Å². The van der Waals surface area contributed by atoms with Crippen molar-refractivity contribution in [2.75, 3.05) is 0 Å². The average Bonchev–Trinajstić information content (AvgIpc) is 3.24. The molecule has 5 nitrogen and oxygen atoms in total. The van der Waals surface area contributed by atoms with Crippen molar-refractivity contribution in [3.63, 3.8) is 0 Å². The van der Waals surface area contributed by atoms with Crippen molar-refractivity contribution in [3.8, 4) is 33.6 Å². The smallest absolute Gasteiger partial charge is 0.162 e. The number of rotatable bonds is 3. The van der Waals surface area contributed by atoms with Gasteiger partial charge in [-0.25, -0.2) is 9.61 Å². The van der Waals surface area contributed by atoms with Crippen molar-refractivity contribution in [3.05, 3.63) is 85.2 Å². The molecule has 0 radical (unpaired) electrons. The van der Waals surface area contributed by atoms with E-state index in [0.29, 0.717) is 11.0 Å². The van der Waals surface area contributed by atoms with E-state index in [1.54, 1.807) is 6.20 Å².